The van der Waals surface area contributed by atoms with E-state index >= 15 is 0 Å². The molecule has 0 heterocycles. The van der Waals surface area contributed by atoms with E-state index in [-0.39, 0.29) is 5.41 Å². The van der Waals surface area contributed by atoms with Crippen molar-refractivity contribution in [2.45, 2.75) is 40.0 Å². The van der Waals surface area contributed by atoms with Crippen molar-refractivity contribution < 1.29 is 4.79 Å². The van der Waals surface area contributed by atoms with Crippen molar-refractivity contribution in [1.82, 2.24) is 0 Å². The molecule has 1 saturated carbocycles. The molecule has 0 bridgehead atoms. The van der Waals surface area contributed by atoms with E-state index in [2.05, 4.69) is 20.8 Å². The first-order valence-corrected chi connectivity index (χ1v) is 5.28. The lowest BCUT2D eigenvalue weighted by atomic mass is 9.72. The number of rotatable bonds is 1. The van der Waals surface area contributed by atoms with Gasteiger partial charge in [-0.2, -0.15) is 0 Å². The minimum atomic E-state index is 0.227. The van der Waals surface area contributed by atoms with E-state index < -0.39 is 0 Å². The van der Waals surface area contributed by atoms with Crippen LogP contribution in [0.1, 0.15) is 40.0 Å². The number of hydrogen-bond donors (Lipinski definition) is 0. The van der Waals surface area contributed by atoms with Gasteiger partial charge < -0.3 is 0 Å². The van der Waals surface area contributed by atoms with Gasteiger partial charge in [0.2, 0.25) is 0 Å². The van der Waals surface area contributed by atoms with Crippen molar-refractivity contribution in [2.24, 2.45) is 17.3 Å². The SMILES string of the molecule is CC(C)C1CCC2=CC(=O)CC21C. The standard InChI is InChI=1S/C12H18O/c1-8(2)11-5-4-9-6-10(13)7-12(9,11)3/h6,8,11H,4-5,7H2,1-3H3. The molecule has 1 heteroatoms. The molecule has 1 nitrogen and oxygen atoms in total. The second kappa shape index (κ2) is 2.70. The highest BCUT2D eigenvalue weighted by Gasteiger charge is 2.47. The van der Waals surface area contributed by atoms with Crippen LogP contribution in [0.25, 0.3) is 0 Å². The zero-order chi connectivity index (χ0) is 9.64. The molecule has 0 amide bonds. The zero-order valence-corrected chi connectivity index (χ0v) is 8.76. The predicted molar refractivity (Wildman–Crippen MR) is 53.4 cm³/mol. The van der Waals surface area contributed by atoms with Crippen molar-refractivity contribution in [3.8, 4) is 0 Å². The fraction of sp³-hybridized carbons (Fsp3) is 0.750. The summed E-state index contributed by atoms with van der Waals surface area (Å²) in [5.74, 6) is 1.79. The van der Waals surface area contributed by atoms with Crippen LogP contribution < -0.4 is 0 Å². The highest BCUT2D eigenvalue weighted by Crippen LogP contribution is 2.55. The maximum Gasteiger partial charge on any atom is 0.156 e. The first-order chi connectivity index (χ1) is 6.04. The molecular formula is C12H18O. The van der Waals surface area contributed by atoms with Crippen molar-refractivity contribution in [3.63, 3.8) is 0 Å². The minimum Gasteiger partial charge on any atom is -0.295 e. The van der Waals surface area contributed by atoms with E-state index in [0.717, 1.165) is 18.8 Å². The van der Waals surface area contributed by atoms with Crippen LogP contribution in [0.15, 0.2) is 11.6 Å². The largest absolute Gasteiger partial charge is 0.295 e. The zero-order valence-electron chi connectivity index (χ0n) is 8.76. The molecule has 0 spiro atoms. The summed E-state index contributed by atoms with van der Waals surface area (Å²) >= 11 is 0. The molecule has 0 N–H and O–H groups in total. The van der Waals surface area contributed by atoms with Gasteiger partial charge in [-0.25, -0.2) is 0 Å². The molecule has 2 rings (SSSR count). The fourth-order valence-corrected chi connectivity index (χ4v) is 3.31. The van der Waals surface area contributed by atoms with Crippen molar-refractivity contribution in [2.75, 3.05) is 0 Å². The lowest BCUT2D eigenvalue weighted by molar-refractivity contribution is -0.115. The molecular weight excluding hydrogens is 160 g/mol. The Kier molecular flexibility index (Phi) is 1.86. The highest BCUT2D eigenvalue weighted by molar-refractivity contribution is 5.94. The summed E-state index contributed by atoms with van der Waals surface area (Å²) in [7, 11) is 0. The first kappa shape index (κ1) is 8.98. The number of hydrogen-bond acceptors (Lipinski definition) is 1. The second-order valence-corrected chi connectivity index (χ2v) is 5.12. The van der Waals surface area contributed by atoms with Gasteiger partial charge >= 0.3 is 0 Å². The summed E-state index contributed by atoms with van der Waals surface area (Å²) in [6.07, 6.45) is 5.12. The van der Waals surface area contributed by atoms with Crippen LogP contribution in [0.5, 0.6) is 0 Å². The van der Waals surface area contributed by atoms with Crippen LogP contribution in [-0.4, -0.2) is 5.78 Å². The van der Waals surface area contributed by atoms with Crippen LogP contribution in [0, 0.1) is 17.3 Å². The molecule has 2 aliphatic rings. The number of allylic oxidation sites excluding steroid dienone is 2. The summed E-state index contributed by atoms with van der Waals surface area (Å²) in [5, 5.41) is 0. The Morgan fingerprint density at radius 2 is 2.23 bits per heavy atom. The summed E-state index contributed by atoms with van der Waals surface area (Å²) in [6.45, 7) is 6.84. The second-order valence-electron chi connectivity index (χ2n) is 5.12. The quantitative estimate of drug-likeness (QED) is 0.603. The van der Waals surface area contributed by atoms with Crippen LogP contribution in [0.3, 0.4) is 0 Å². The Bertz CT molecular complexity index is 275. The molecule has 2 unspecified atom stereocenters. The monoisotopic (exact) mass is 178 g/mol. The Hall–Kier alpha value is -0.590. The molecule has 1 fully saturated rings. The van der Waals surface area contributed by atoms with Crippen LogP contribution in [0.4, 0.5) is 0 Å². The molecule has 0 aromatic carbocycles. The van der Waals surface area contributed by atoms with Gasteiger partial charge in [0.25, 0.3) is 0 Å². The van der Waals surface area contributed by atoms with Crippen molar-refractivity contribution in [3.05, 3.63) is 11.6 Å². The van der Waals surface area contributed by atoms with E-state index in [0.29, 0.717) is 11.7 Å². The molecule has 0 aromatic heterocycles. The normalized spacial score (nSPS) is 38.3. The topological polar surface area (TPSA) is 17.1 Å². The third-order valence-electron chi connectivity index (χ3n) is 3.96. The minimum absolute atomic E-state index is 0.227. The molecule has 72 valence electrons. The molecule has 2 aliphatic carbocycles. The first-order valence-electron chi connectivity index (χ1n) is 5.28. The van der Waals surface area contributed by atoms with Crippen molar-refractivity contribution >= 4 is 5.78 Å². The summed E-state index contributed by atoms with van der Waals surface area (Å²) in [4.78, 5) is 11.4. The maximum atomic E-state index is 11.4. The highest BCUT2D eigenvalue weighted by atomic mass is 16.1. The predicted octanol–water partition coefficient (Wildman–Crippen LogP) is 2.96. The Balaban J connectivity index is 2.31. The Morgan fingerprint density at radius 3 is 2.85 bits per heavy atom. The van der Waals surface area contributed by atoms with Gasteiger partial charge in [0.05, 0.1) is 0 Å². The number of fused-ring (bicyclic) bond motifs is 1. The average molecular weight is 178 g/mol. The van der Waals surface area contributed by atoms with Crippen LogP contribution in [-0.2, 0) is 4.79 Å². The molecule has 0 saturated heterocycles. The van der Waals surface area contributed by atoms with Gasteiger partial charge in [-0.3, -0.25) is 4.79 Å². The van der Waals surface area contributed by atoms with Crippen molar-refractivity contribution in [1.29, 1.82) is 0 Å². The van der Waals surface area contributed by atoms with Gasteiger partial charge in [0, 0.05) is 6.42 Å². The van der Waals surface area contributed by atoms with E-state index in [1.807, 2.05) is 6.08 Å². The van der Waals surface area contributed by atoms with E-state index in [9.17, 15) is 4.79 Å². The maximum absolute atomic E-state index is 11.4. The van der Waals surface area contributed by atoms with Crippen LogP contribution in [0.2, 0.25) is 0 Å². The molecule has 2 atom stereocenters. The smallest absolute Gasteiger partial charge is 0.156 e. The lowest BCUT2D eigenvalue weighted by Crippen LogP contribution is -2.26. The Morgan fingerprint density at radius 1 is 1.54 bits per heavy atom. The summed E-state index contributed by atoms with van der Waals surface area (Å²) < 4.78 is 0. The molecule has 0 radical (unpaired) electrons. The molecule has 0 aromatic rings. The third-order valence-corrected chi connectivity index (χ3v) is 3.96. The van der Waals surface area contributed by atoms with E-state index in [4.69, 9.17) is 0 Å². The third kappa shape index (κ3) is 1.17. The fourth-order valence-electron chi connectivity index (χ4n) is 3.31. The summed E-state index contributed by atoms with van der Waals surface area (Å²) in [5.41, 5.74) is 1.65. The van der Waals surface area contributed by atoms with E-state index in [1.54, 1.807) is 0 Å². The number of carbonyl (C=O) groups excluding carboxylic acids is 1. The average Bonchev–Trinajstić information content (AvgIpc) is 2.39. The van der Waals surface area contributed by atoms with Gasteiger partial charge in [0.15, 0.2) is 5.78 Å². The van der Waals surface area contributed by atoms with Gasteiger partial charge in [-0.1, -0.05) is 26.3 Å². The number of ketones is 1. The van der Waals surface area contributed by atoms with Gasteiger partial charge in [-0.05, 0) is 36.2 Å². The lowest BCUT2D eigenvalue weighted by Gasteiger charge is -2.31. The van der Waals surface area contributed by atoms with Gasteiger partial charge in [0.1, 0.15) is 0 Å². The van der Waals surface area contributed by atoms with Gasteiger partial charge in [-0.15, -0.1) is 0 Å². The molecule has 13 heavy (non-hydrogen) atoms. The van der Waals surface area contributed by atoms with E-state index in [1.165, 1.54) is 12.0 Å². The molecule has 0 aliphatic heterocycles. The summed E-state index contributed by atoms with van der Waals surface area (Å²) in [6, 6.07) is 0. The van der Waals surface area contributed by atoms with Crippen LogP contribution >= 0.6 is 0 Å². The Labute approximate surface area is 80.2 Å². The number of carbonyl (C=O) groups is 1.